The number of hydrogen-bond donors (Lipinski definition) is 0. The monoisotopic (exact) mass is 387 g/mol. The molecule has 0 amide bonds. The number of aromatic nitrogens is 1. The molecule has 0 radical (unpaired) electrons. The van der Waals surface area contributed by atoms with Gasteiger partial charge < -0.3 is 9.47 Å². The van der Waals surface area contributed by atoms with Gasteiger partial charge in [-0.15, -0.1) is 0 Å². The molecule has 4 rings (SSSR count). The highest BCUT2D eigenvalue weighted by Crippen LogP contribution is 2.39. The van der Waals surface area contributed by atoms with Gasteiger partial charge in [-0.1, -0.05) is 36.4 Å². The Labute approximate surface area is 169 Å². The van der Waals surface area contributed by atoms with E-state index in [0.29, 0.717) is 23.2 Å². The highest BCUT2D eigenvalue weighted by atomic mass is 16.5. The lowest BCUT2D eigenvalue weighted by molar-refractivity contribution is 0.0377. The van der Waals surface area contributed by atoms with E-state index in [2.05, 4.69) is 0 Å². The molecular weight excluding hydrogens is 366 g/mol. The van der Waals surface area contributed by atoms with Gasteiger partial charge in [-0.05, 0) is 43.2 Å². The maximum atomic E-state index is 12.5. The van der Waals surface area contributed by atoms with E-state index in [9.17, 15) is 9.59 Å². The summed E-state index contributed by atoms with van der Waals surface area (Å²) in [6.07, 6.45) is 0.328. The van der Waals surface area contributed by atoms with E-state index in [4.69, 9.17) is 14.5 Å². The molecule has 5 heteroatoms. The first-order chi connectivity index (χ1) is 14.0. The molecule has 5 nitrogen and oxygen atoms in total. The third kappa shape index (κ3) is 3.51. The normalized spacial score (nSPS) is 11.7. The van der Waals surface area contributed by atoms with Crippen LogP contribution in [-0.2, 0) is 15.9 Å². The van der Waals surface area contributed by atoms with Crippen molar-refractivity contribution in [1.29, 1.82) is 0 Å². The maximum Gasteiger partial charge on any atom is 0.338 e. The van der Waals surface area contributed by atoms with E-state index in [-0.39, 0.29) is 12.1 Å². The van der Waals surface area contributed by atoms with Crippen LogP contribution in [0.3, 0.4) is 0 Å². The Bertz CT molecular complexity index is 1100. The second-order valence-corrected chi connectivity index (χ2v) is 7.24. The molecule has 146 valence electrons. The summed E-state index contributed by atoms with van der Waals surface area (Å²) in [6, 6.07) is 16.9. The fourth-order valence-electron chi connectivity index (χ4n) is 3.59. The molecule has 0 atom stereocenters. The molecule has 0 unspecified atom stereocenters. The Balaban J connectivity index is 1.82. The first kappa shape index (κ1) is 18.9. The number of rotatable bonds is 4. The minimum absolute atomic E-state index is 0.186. The molecule has 1 aliphatic rings. The molecule has 3 aromatic rings. The molecule has 0 fully saturated rings. The van der Waals surface area contributed by atoms with Gasteiger partial charge in [-0.25, -0.2) is 14.6 Å². The molecule has 0 aliphatic heterocycles. The van der Waals surface area contributed by atoms with Crippen LogP contribution < -0.4 is 0 Å². The van der Waals surface area contributed by atoms with Gasteiger partial charge in [0.15, 0.2) is 0 Å². The summed E-state index contributed by atoms with van der Waals surface area (Å²) in [5.74, 6) is -0.752. The Kier molecular flexibility index (Phi) is 4.89. The zero-order valence-electron chi connectivity index (χ0n) is 16.6. The van der Waals surface area contributed by atoms with Crippen molar-refractivity contribution in [3.8, 4) is 22.5 Å². The van der Waals surface area contributed by atoms with E-state index >= 15 is 0 Å². The predicted octanol–water partition coefficient (Wildman–Crippen LogP) is 4.67. The van der Waals surface area contributed by atoms with Gasteiger partial charge in [0, 0.05) is 17.5 Å². The average Bonchev–Trinajstić information content (AvgIpc) is 3.10. The van der Waals surface area contributed by atoms with Crippen molar-refractivity contribution < 1.29 is 19.1 Å². The Morgan fingerprint density at radius 1 is 1.00 bits per heavy atom. The average molecular weight is 387 g/mol. The molecule has 0 saturated carbocycles. The summed E-state index contributed by atoms with van der Waals surface area (Å²) >= 11 is 0. The quantitative estimate of drug-likeness (QED) is 0.476. The topological polar surface area (TPSA) is 65.5 Å². The molecule has 29 heavy (non-hydrogen) atoms. The number of ether oxygens (including phenoxy) is 2. The van der Waals surface area contributed by atoms with Gasteiger partial charge in [-0.3, -0.25) is 0 Å². The van der Waals surface area contributed by atoms with Gasteiger partial charge in [0.25, 0.3) is 0 Å². The number of pyridine rings is 1. The van der Waals surface area contributed by atoms with Crippen LogP contribution in [0.15, 0.2) is 54.6 Å². The van der Waals surface area contributed by atoms with Gasteiger partial charge in [0.05, 0.1) is 35.7 Å². The van der Waals surface area contributed by atoms with Crippen LogP contribution in [0.2, 0.25) is 0 Å². The number of esters is 2. The lowest BCUT2D eigenvalue weighted by Crippen LogP contribution is -2.11. The highest BCUT2D eigenvalue weighted by molar-refractivity contribution is 5.97. The van der Waals surface area contributed by atoms with Crippen LogP contribution in [-0.4, -0.2) is 30.1 Å². The summed E-state index contributed by atoms with van der Waals surface area (Å²) in [4.78, 5) is 29.6. The van der Waals surface area contributed by atoms with Crippen molar-refractivity contribution in [2.24, 2.45) is 0 Å². The summed E-state index contributed by atoms with van der Waals surface area (Å²) in [7, 11) is 1.37. The molecule has 0 N–H and O–H groups in total. The van der Waals surface area contributed by atoms with E-state index in [1.54, 1.807) is 12.1 Å². The number of nitrogens with zero attached hydrogens (tertiary/aromatic N) is 1. The van der Waals surface area contributed by atoms with Crippen molar-refractivity contribution in [3.05, 3.63) is 76.9 Å². The molecule has 0 saturated heterocycles. The minimum Gasteiger partial charge on any atom is -0.465 e. The van der Waals surface area contributed by atoms with Crippen LogP contribution in [0.5, 0.6) is 0 Å². The van der Waals surface area contributed by atoms with Crippen molar-refractivity contribution >= 4 is 11.9 Å². The summed E-state index contributed by atoms with van der Waals surface area (Å²) in [5.41, 5.74) is 6.07. The summed E-state index contributed by atoms with van der Waals surface area (Å²) < 4.78 is 10.3. The van der Waals surface area contributed by atoms with Crippen LogP contribution >= 0.6 is 0 Å². The SMILES string of the molecule is COC(=O)c1cc(-c2ccccc2)nc2c1Cc1cc(C(=O)OC(C)C)ccc1-2. The molecule has 2 aromatic carbocycles. The third-order valence-electron chi connectivity index (χ3n) is 4.91. The highest BCUT2D eigenvalue weighted by Gasteiger charge is 2.28. The van der Waals surface area contributed by atoms with Crippen molar-refractivity contribution in [2.45, 2.75) is 26.4 Å². The van der Waals surface area contributed by atoms with Crippen LogP contribution in [0, 0.1) is 0 Å². The van der Waals surface area contributed by atoms with Gasteiger partial charge in [-0.2, -0.15) is 0 Å². The second-order valence-electron chi connectivity index (χ2n) is 7.24. The van der Waals surface area contributed by atoms with Gasteiger partial charge in [0.2, 0.25) is 0 Å². The lowest BCUT2D eigenvalue weighted by Gasteiger charge is -2.10. The smallest absolute Gasteiger partial charge is 0.338 e. The number of fused-ring (bicyclic) bond motifs is 3. The number of methoxy groups -OCH3 is 1. The first-order valence-corrected chi connectivity index (χ1v) is 9.50. The maximum absolute atomic E-state index is 12.5. The molecule has 0 bridgehead atoms. The standard InChI is InChI=1S/C24H21NO4/c1-14(2)29-23(26)16-9-10-18-17(11-16)12-19-20(24(27)28-3)13-21(25-22(18)19)15-7-5-4-6-8-15/h4-11,13-14H,12H2,1-3H3. The number of carbonyl (C=O) groups is 2. The van der Waals surface area contributed by atoms with E-state index in [0.717, 1.165) is 27.9 Å². The molecule has 1 heterocycles. The number of hydrogen-bond acceptors (Lipinski definition) is 5. The molecular formula is C24H21NO4. The summed E-state index contributed by atoms with van der Waals surface area (Å²) in [6.45, 7) is 3.64. The minimum atomic E-state index is -0.395. The first-order valence-electron chi connectivity index (χ1n) is 9.50. The fraction of sp³-hybridized carbons (Fsp3) is 0.208. The van der Waals surface area contributed by atoms with E-state index in [1.807, 2.05) is 56.3 Å². The number of benzene rings is 2. The van der Waals surface area contributed by atoms with Gasteiger partial charge >= 0.3 is 11.9 Å². The van der Waals surface area contributed by atoms with Crippen LogP contribution in [0.4, 0.5) is 0 Å². The van der Waals surface area contributed by atoms with E-state index in [1.165, 1.54) is 7.11 Å². The van der Waals surface area contributed by atoms with Crippen LogP contribution in [0.1, 0.15) is 45.7 Å². The molecule has 1 aromatic heterocycles. The Morgan fingerprint density at radius 3 is 2.45 bits per heavy atom. The zero-order valence-corrected chi connectivity index (χ0v) is 16.6. The van der Waals surface area contributed by atoms with Crippen LogP contribution in [0.25, 0.3) is 22.5 Å². The third-order valence-corrected chi connectivity index (χ3v) is 4.91. The molecule has 1 aliphatic carbocycles. The second kappa shape index (κ2) is 7.51. The van der Waals surface area contributed by atoms with Gasteiger partial charge in [0.1, 0.15) is 0 Å². The van der Waals surface area contributed by atoms with Crippen molar-refractivity contribution in [3.63, 3.8) is 0 Å². The van der Waals surface area contributed by atoms with Crippen molar-refractivity contribution in [2.75, 3.05) is 7.11 Å². The van der Waals surface area contributed by atoms with E-state index < -0.39 is 5.97 Å². The lowest BCUT2D eigenvalue weighted by atomic mass is 10.0. The Morgan fingerprint density at radius 2 is 1.76 bits per heavy atom. The summed E-state index contributed by atoms with van der Waals surface area (Å²) in [5, 5.41) is 0. The zero-order chi connectivity index (χ0) is 20.5. The fourth-order valence-corrected chi connectivity index (χ4v) is 3.59. The largest absolute Gasteiger partial charge is 0.465 e. The predicted molar refractivity (Wildman–Crippen MR) is 110 cm³/mol. The Hall–Kier alpha value is -3.47. The number of carbonyl (C=O) groups excluding carboxylic acids is 2. The molecule has 0 spiro atoms. The van der Waals surface area contributed by atoms with Crippen molar-refractivity contribution in [1.82, 2.24) is 4.98 Å².